The van der Waals surface area contributed by atoms with E-state index in [4.69, 9.17) is 5.73 Å². The molecule has 2 N–H and O–H groups in total. The summed E-state index contributed by atoms with van der Waals surface area (Å²) in [5.41, 5.74) is 8.86. The van der Waals surface area contributed by atoms with Crippen molar-refractivity contribution in [2.45, 2.75) is 18.4 Å². The van der Waals surface area contributed by atoms with Crippen LogP contribution in [0.4, 0.5) is 0 Å². The number of hydrogen-bond acceptors (Lipinski definition) is 2. The van der Waals surface area contributed by atoms with Crippen molar-refractivity contribution >= 4 is 0 Å². The van der Waals surface area contributed by atoms with E-state index in [1.54, 1.807) is 0 Å². The summed E-state index contributed by atoms with van der Waals surface area (Å²) >= 11 is 0. The Morgan fingerprint density at radius 3 is 2.76 bits per heavy atom. The van der Waals surface area contributed by atoms with Crippen LogP contribution in [0, 0.1) is 5.92 Å². The highest BCUT2D eigenvalue weighted by atomic mass is 15.0. The molecule has 0 radical (unpaired) electrons. The molecule has 1 saturated carbocycles. The van der Waals surface area contributed by atoms with Crippen molar-refractivity contribution in [3.63, 3.8) is 0 Å². The fourth-order valence-corrected chi connectivity index (χ4v) is 2.60. The zero-order valence-electron chi connectivity index (χ0n) is 9.95. The number of nitrogens with two attached hydrogens (primary N) is 1. The Morgan fingerprint density at radius 2 is 2.12 bits per heavy atom. The van der Waals surface area contributed by atoms with Gasteiger partial charge >= 0.3 is 0 Å². The molecule has 1 aliphatic carbocycles. The summed E-state index contributed by atoms with van der Waals surface area (Å²) in [6.07, 6.45) is 4.89. The van der Waals surface area contributed by atoms with Crippen LogP contribution >= 0.6 is 0 Å². The van der Waals surface area contributed by atoms with Gasteiger partial charge in [0, 0.05) is 13.2 Å². The smallest absolute Gasteiger partial charge is 0.0946 e. The molecule has 1 aromatic carbocycles. The van der Waals surface area contributed by atoms with Crippen LogP contribution in [0.2, 0.25) is 0 Å². The minimum absolute atomic E-state index is 0.104. The lowest BCUT2D eigenvalue weighted by atomic mass is 10.0. The molecular formula is C14H17N3. The van der Waals surface area contributed by atoms with Crippen LogP contribution < -0.4 is 5.73 Å². The molecule has 17 heavy (non-hydrogen) atoms. The second kappa shape index (κ2) is 4.00. The molecule has 3 atom stereocenters. The third-order valence-corrected chi connectivity index (χ3v) is 3.72. The minimum atomic E-state index is 0.104. The Labute approximate surface area is 101 Å². The number of aromatic nitrogens is 2. The van der Waals surface area contributed by atoms with E-state index in [2.05, 4.69) is 35.3 Å². The number of benzene rings is 1. The number of imidazole rings is 1. The van der Waals surface area contributed by atoms with E-state index >= 15 is 0 Å². The van der Waals surface area contributed by atoms with Gasteiger partial charge in [-0.3, -0.25) is 0 Å². The lowest BCUT2D eigenvalue weighted by Crippen LogP contribution is -2.16. The molecule has 1 aliphatic rings. The first-order chi connectivity index (χ1) is 8.27. The van der Waals surface area contributed by atoms with Crippen molar-refractivity contribution in [2.24, 2.45) is 18.7 Å². The van der Waals surface area contributed by atoms with Gasteiger partial charge in [-0.15, -0.1) is 0 Å². The maximum Gasteiger partial charge on any atom is 0.0946 e. The zero-order chi connectivity index (χ0) is 11.8. The maximum absolute atomic E-state index is 6.31. The molecule has 1 heterocycles. The molecular weight excluding hydrogens is 210 g/mol. The molecule has 0 saturated heterocycles. The Morgan fingerprint density at radius 1 is 1.35 bits per heavy atom. The van der Waals surface area contributed by atoms with Gasteiger partial charge in [0.25, 0.3) is 0 Å². The van der Waals surface area contributed by atoms with Gasteiger partial charge in [0.2, 0.25) is 0 Å². The molecule has 0 aliphatic heterocycles. The largest absolute Gasteiger partial charge is 0.336 e. The number of rotatable bonds is 3. The minimum Gasteiger partial charge on any atom is -0.336 e. The van der Waals surface area contributed by atoms with Crippen LogP contribution in [0.25, 0.3) is 0 Å². The van der Waals surface area contributed by atoms with E-state index in [0.29, 0.717) is 11.8 Å². The van der Waals surface area contributed by atoms with Gasteiger partial charge in [-0.25, -0.2) is 4.98 Å². The van der Waals surface area contributed by atoms with Crippen molar-refractivity contribution in [3.8, 4) is 0 Å². The summed E-state index contributed by atoms with van der Waals surface area (Å²) in [6, 6.07) is 10.7. The van der Waals surface area contributed by atoms with E-state index in [-0.39, 0.29) is 6.04 Å². The Kier molecular flexibility index (Phi) is 2.48. The molecule has 0 bridgehead atoms. The van der Waals surface area contributed by atoms with Crippen LogP contribution in [0.1, 0.15) is 29.6 Å². The van der Waals surface area contributed by atoms with E-state index < -0.39 is 0 Å². The zero-order valence-corrected chi connectivity index (χ0v) is 9.95. The van der Waals surface area contributed by atoms with E-state index in [0.717, 1.165) is 5.69 Å². The van der Waals surface area contributed by atoms with Gasteiger partial charge in [0.15, 0.2) is 0 Å². The molecule has 1 aromatic heterocycles. The first-order valence-electron chi connectivity index (χ1n) is 6.04. The van der Waals surface area contributed by atoms with Crippen LogP contribution in [-0.4, -0.2) is 9.55 Å². The van der Waals surface area contributed by atoms with Gasteiger partial charge in [-0.2, -0.15) is 0 Å². The molecule has 88 valence electrons. The monoisotopic (exact) mass is 227 g/mol. The van der Waals surface area contributed by atoms with Gasteiger partial charge in [-0.05, 0) is 23.8 Å². The number of hydrogen-bond donors (Lipinski definition) is 1. The SMILES string of the molecule is Cn1cncc1C(N)C1CC1c1ccccc1. The summed E-state index contributed by atoms with van der Waals surface area (Å²) in [7, 11) is 2.00. The summed E-state index contributed by atoms with van der Waals surface area (Å²) in [5.74, 6) is 1.19. The van der Waals surface area contributed by atoms with Crippen molar-refractivity contribution in [1.29, 1.82) is 0 Å². The molecule has 1 fully saturated rings. The van der Waals surface area contributed by atoms with E-state index in [1.165, 1.54) is 12.0 Å². The highest BCUT2D eigenvalue weighted by Crippen LogP contribution is 2.52. The molecule has 2 aromatic rings. The first kappa shape index (κ1) is 10.5. The van der Waals surface area contributed by atoms with Gasteiger partial charge < -0.3 is 10.3 Å². The summed E-state index contributed by atoms with van der Waals surface area (Å²) in [5, 5.41) is 0. The normalized spacial score (nSPS) is 24.6. The third-order valence-electron chi connectivity index (χ3n) is 3.72. The fourth-order valence-electron chi connectivity index (χ4n) is 2.60. The maximum atomic E-state index is 6.31. The van der Waals surface area contributed by atoms with Gasteiger partial charge in [0.05, 0.1) is 18.1 Å². The highest BCUT2D eigenvalue weighted by molar-refractivity contribution is 5.28. The van der Waals surface area contributed by atoms with Crippen molar-refractivity contribution in [3.05, 3.63) is 54.1 Å². The van der Waals surface area contributed by atoms with E-state index in [1.807, 2.05) is 24.1 Å². The van der Waals surface area contributed by atoms with Crippen molar-refractivity contribution in [2.75, 3.05) is 0 Å². The van der Waals surface area contributed by atoms with Crippen molar-refractivity contribution < 1.29 is 0 Å². The molecule has 3 unspecified atom stereocenters. The second-order valence-electron chi connectivity index (χ2n) is 4.87. The van der Waals surface area contributed by atoms with Crippen molar-refractivity contribution in [1.82, 2.24) is 9.55 Å². The standard InChI is InChI=1S/C14H17N3/c1-17-9-16-8-13(17)14(15)12-7-11(12)10-5-3-2-4-6-10/h2-6,8-9,11-12,14H,7,15H2,1H3. The molecule has 3 nitrogen and oxygen atoms in total. The molecule has 0 spiro atoms. The predicted octanol–water partition coefficient (Wildman–Crippen LogP) is 2.22. The average Bonchev–Trinajstić information content (AvgIpc) is 3.05. The summed E-state index contributed by atoms with van der Waals surface area (Å²) < 4.78 is 2.02. The first-order valence-corrected chi connectivity index (χ1v) is 6.04. The lowest BCUT2D eigenvalue weighted by Gasteiger charge is -2.12. The van der Waals surface area contributed by atoms with Gasteiger partial charge in [-0.1, -0.05) is 30.3 Å². The predicted molar refractivity (Wildman–Crippen MR) is 67.4 cm³/mol. The van der Waals surface area contributed by atoms with Crippen LogP contribution in [0.3, 0.4) is 0 Å². The topological polar surface area (TPSA) is 43.8 Å². The summed E-state index contributed by atoms with van der Waals surface area (Å²) in [4.78, 5) is 4.13. The average molecular weight is 227 g/mol. The van der Waals surface area contributed by atoms with Crippen LogP contribution in [-0.2, 0) is 7.05 Å². The van der Waals surface area contributed by atoms with E-state index in [9.17, 15) is 0 Å². The number of nitrogens with zero attached hydrogens (tertiary/aromatic N) is 2. The molecule has 3 heteroatoms. The highest BCUT2D eigenvalue weighted by Gasteiger charge is 2.43. The Balaban J connectivity index is 1.75. The molecule has 3 rings (SSSR count). The van der Waals surface area contributed by atoms with Crippen LogP contribution in [0.5, 0.6) is 0 Å². The lowest BCUT2D eigenvalue weighted by molar-refractivity contribution is 0.575. The second-order valence-corrected chi connectivity index (χ2v) is 4.87. The fraction of sp³-hybridized carbons (Fsp3) is 0.357. The van der Waals surface area contributed by atoms with Gasteiger partial charge in [0.1, 0.15) is 0 Å². The third kappa shape index (κ3) is 1.87. The number of aryl methyl sites for hydroxylation is 1. The Hall–Kier alpha value is -1.61. The Bertz CT molecular complexity index is 503. The van der Waals surface area contributed by atoms with Crippen LogP contribution in [0.15, 0.2) is 42.9 Å². The molecule has 0 amide bonds. The quantitative estimate of drug-likeness (QED) is 0.873. The summed E-state index contributed by atoms with van der Waals surface area (Å²) in [6.45, 7) is 0.